The Morgan fingerprint density at radius 3 is 2.88 bits per heavy atom. The zero-order valence-corrected chi connectivity index (χ0v) is 19.2. The van der Waals surface area contributed by atoms with Crippen LogP contribution in [-0.4, -0.2) is 59.5 Å². The van der Waals surface area contributed by atoms with Crippen molar-refractivity contribution in [3.8, 4) is 6.07 Å². The number of hydrogen-bond acceptors (Lipinski definition) is 6. The Labute approximate surface area is 191 Å². The molecule has 6 nitrogen and oxygen atoms in total. The highest BCUT2D eigenvalue weighted by Crippen LogP contribution is 2.36. The number of hydrogen-bond donors (Lipinski definition) is 2. The van der Waals surface area contributed by atoms with Crippen LogP contribution in [0, 0.1) is 18.3 Å². The van der Waals surface area contributed by atoms with E-state index in [1.165, 1.54) is 5.39 Å². The molecule has 5 rings (SSSR count). The summed E-state index contributed by atoms with van der Waals surface area (Å²) in [5, 5.41) is 15.4. The van der Waals surface area contributed by atoms with Crippen molar-refractivity contribution in [3.05, 3.63) is 58.7 Å². The lowest BCUT2D eigenvalue weighted by atomic mass is 10.1. The zero-order valence-electron chi connectivity index (χ0n) is 18.4. The van der Waals surface area contributed by atoms with Crippen LogP contribution in [0.1, 0.15) is 16.0 Å². The second-order valence-corrected chi connectivity index (χ2v) is 9.40. The van der Waals surface area contributed by atoms with Gasteiger partial charge < -0.3 is 15.2 Å². The summed E-state index contributed by atoms with van der Waals surface area (Å²) < 4.78 is 0. The van der Waals surface area contributed by atoms with Gasteiger partial charge in [-0.05, 0) is 49.9 Å². The Hall–Kier alpha value is -3.18. The van der Waals surface area contributed by atoms with Gasteiger partial charge in [-0.3, -0.25) is 4.90 Å². The van der Waals surface area contributed by atoms with E-state index < -0.39 is 0 Å². The topological polar surface area (TPSA) is 71.0 Å². The van der Waals surface area contributed by atoms with Gasteiger partial charge in [-0.25, -0.2) is 4.98 Å². The van der Waals surface area contributed by atoms with Crippen molar-refractivity contribution in [2.75, 3.05) is 45.1 Å². The molecule has 32 heavy (non-hydrogen) atoms. The molecule has 0 bridgehead atoms. The lowest BCUT2D eigenvalue weighted by Gasteiger charge is -2.31. The molecular formula is C25H26N6S. The molecule has 1 aliphatic rings. The average Bonchev–Trinajstić information content (AvgIpc) is 3.44. The fourth-order valence-corrected chi connectivity index (χ4v) is 5.15. The molecule has 1 aromatic carbocycles. The van der Waals surface area contributed by atoms with Crippen molar-refractivity contribution in [1.82, 2.24) is 19.8 Å². The van der Waals surface area contributed by atoms with Crippen molar-refractivity contribution in [2.24, 2.45) is 0 Å². The molecule has 1 aliphatic heterocycles. The Morgan fingerprint density at radius 2 is 2.06 bits per heavy atom. The predicted molar refractivity (Wildman–Crippen MR) is 134 cm³/mol. The molecule has 0 unspecified atom stereocenters. The molecule has 0 spiro atoms. The summed E-state index contributed by atoms with van der Waals surface area (Å²) in [6.45, 7) is 7.53. The number of piperazine rings is 1. The van der Waals surface area contributed by atoms with Gasteiger partial charge in [0.15, 0.2) is 0 Å². The molecule has 0 amide bonds. The number of anilines is 2. The normalized spacial score (nSPS) is 15.7. The van der Waals surface area contributed by atoms with Crippen molar-refractivity contribution in [2.45, 2.75) is 6.92 Å². The quantitative estimate of drug-likeness (QED) is 0.457. The van der Waals surface area contributed by atoms with Gasteiger partial charge in [0.25, 0.3) is 0 Å². The minimum absolute atomic E-state index is 0.553. The second kappa shape index (κ2) is 8.75. The van der Waals surface area contributed by atoms with Gasteiger partial charge in [-0.1, -0.05) is 6.08 Å². The molecule has 0 radical (unpaired) electrons. The van der Waals surface area contributed by atoms with Gasteiger partial charge in [-0.15, -0.1) is 11.3 Å². The van der Waals surface area contributed by atoms with Crippen LogP contribution in [0.5, 0.6) is 0 Å². The summed E-state index contributed by atoms with van der Waals surface area (Å²) in [6.07, 6.45) is 8.03. The highest BCUT2D eigenvalue weighted by atomic mass is 32.1. The number of H-pyrrole nitrogens is 1. The van der Waals surface area contributed by atoms with Crippen molar-refractivity contribution in [1.29, 1.82) is 5.26 Å². The summed E-state index contributed by atoms with van der Waals surface area (Å²) in [4.78, 5) is 14.7. The van der Waals surface area contributed by atoms with Crippen LogP contribution in [0.25, 0.3) is 27.2 Å². The van der Waals surface area contributed by atoms with Gasteiger partial charge in [0.1, 0.15) is 10.9 Å². The van der Waals surface area contributed by atoms with Crippen LogP contribution >= 0.6 is 11.3 Å². The number of aromatic amines is 1. The van der Waals surface area contributed by atoms with E-state index in [1.54, 1.807) is 17.5 Å². The molecule has 4 heterocycles. The fraction of sp³-hybridized carbons (Fsp3) is 0.280. The third-order valence-electron chi connectivity index (χ3n) is 6.21. The number of rotatable bonds is 5. The number of fused-ring (bicyclic) bond motifs is 2. The third-order valence-corrected chi connectivity index (χ3v) is 7.21. The Bertz CT molecular complexity index is 1330. The molecular weight excluding hydrogens is 416 g/mol. The number of pyridine rings is 1. The monoisotopic (exact) mass is 442 g/mol. The molecule has 4 aromatic rings. The van der Waals surface area contributed by atoms with Crippen molar-refractivity contribution < 1.29 is 0 Å². The van der Waals surface area contributed by atoms with Gasteiger partial charge in [-0.2, -0.15) is 5.26 Å². The van der Waals surface area contributed by atoms with E-state index in [0.29, 0.717) is 5.56 Å². The summed E-state index contributed by atoms with van der Waals surface area (Å²) in [5.41, 5.74) is 4.64. The highest BCUT2D eigenvalue weighted by Gasteiger charge is 2.15. The summed E-state index contributed by atoms with van der Waals surface area (Å²) in [6, 6.07) is 10.6. The summed E-state index contributed by atoms with van der Waals surface area (Å²) in [7, 11) is 2.18. The Kier molecular flexibility index (Phi) is 5.66. The van der Waals surface area contributed by atoms with Gasteiger partial charge in [0, 0.05) is 72.0 Å². The number of nitriles is 1. The van der Waals surface area contributed by atoms with E-state index in [2.05, 4.69) is 81.5 Å². The maximum absolute atomic E-state index is 9.72. The van der Waals surface area contributed by atoms with E-state index in [4.69, 9.17) is 0 Å². The average molecular weight is 443 g/mol. The SMILES string of the molecule is Cc1c(Nc2c(C#N)cnc3sc(/C=C/CN4CCN(C)CC4)cc23)ccc2[nH]ccc12. The van der Waals surface area contributed by atoms with Crippen LogP contribution in [-0.2, 0) is 0 Å². The molecule has 0 aliphatic carbocycles. The molecule has 162 valence electrons. The maximum atomic E-state index is 9.72. The van der Waals surface area contributed by atoms with E-state index in [1.807, 2.05) is 6.20 Å². The molecule has 3 aromatic heterocycles. The molecule has 1 fully saturated rings. The molecule has 7 heteroatoms. The number of likely N-dealkylation sites (N-methyl/N-ethyl adjacent to an activating group) is 1. The van der Waals surface area contributed by atoms with Crippen LogP contribution in [0.15, 0.2) is 42.7 Å². The Morgan fingerprint density at radius 1 is 1.22 bits per heavy atom. The number of benzene rings is 1. The maximum Gasteiger partial charge on any atom is 0.125 e. The zero-order chi connectivity index (χ0) is 22.1. The second-order valence-electron chi connectivity index (χ2n) is 8.33. The first-order chi connectivity index (χ1) is 15.6. The van der Waals surface area contributed by atoms with Crippen molar-refractivity contribution in [3.63, 3.8) is 0 Å². The number of aryl methyl sites for hydroxylation is 1. The minimum atomic E-state index is 0.553. The van der Waals surface area contributed by atoms with Gasteiger partial charge in [0.2, 0.25) is 0 Å². The largest absolute Gasteiger partial charge is 0.361 e. The van der Waals surface area contributed by atoms with Crippen molar-refractivity contribution >= 4 is 49.9 Å². The first-order valence-corrected chi connectivity index (χ1v) is 11.7. The summed E-state index contributed by atoms with van der Waals surface area (Å²) in [5.74, 6) is 0. The van der Waals surface area contributed by atoms with E-state index in [9.17, 15) is 5.26 Å². The van der Waals surface area contributed by atoms with E-state index >= 15 is 0 Å². The molecule has 2 N–H and O–H groups in total. The van der Waals surface area contributed by atoms with Gasteiger partial charge >= 0.3 is 0 Å². The number of thiophene rings is 1. The number of aromatic nitrogens is 2. The fourth-order valence-electron chi connectivity index (χ4n) is 4.21. The predicted octanol–water partition coefficient (Wildman–Crippen LogP) is 4.96. The van der Waals surface area contributed by atoms with Crippen LogP contribution in [0.2, 0.25) is 0 Å². The lowest BCUT2D eigenvalue weighted by molar-refractivity contribution is 0.167. The Balaban J connectivity index is 1.43. The van der Waals surface area contributed by atoms with Crippen LogP contribution in [0.3, 0.4) is 0 Å². The molecule has 1 saturated heterocycles. The highest BCUT2D eigenvalue weighted by molar-refractivity contribution is 7.19. The number of nitrogens with zero attached hydrogens (tertiary/aromatic N) is 4. The lowest BCUT2D eigenvalue weighted by Crippen LogP contribution is -2.44. The standard InChI is InChI=1S/C25H26N6S/c1-17-20-7-8-27-23(20)6-5-22(17)29-24-18(15-26)16-28-25-21(24)14-19(32-25)4-3-9-31-12-10-30(2)11-13-31/h3-8,14,16,27H,9-13H2,1-2H3,(H,28,29)/b4-3+. The van der Waals surface area contributed by atoms with Crippen LogP contribution < -0.4 is 5.32 Å². The third kappa shape index (κ3) is 4.00. The first-order valence-electron chi connectivity index (χ1n) is 10.9. The van der Waals surface area contributed by atoms with E-state index in [-0.39, 0.29) is 0 Å². The van der Waals surface area contributed by atoms with Crippen LogP contribution in [0.4, 0.5) is 11.4 Å². The molecule has 0 atom stereocenters. The summed E-state index contributed by atoms with van der Waals surface area (Å²) >= 11 is 1.66. The smallest absolute Gasteiger partial charge is 0.125 e. The first kappa shape index (κ1) is 20.7. The minimum Gasteiger partial charge on any atom is -0.361 e. The number of nitrogens with one attached hydrogen (secondary N) is 2. The van der Waals surface area contributed by atoms with Gasteiger partial charge in [0.05, 0.1) is 11.3 Å². The molecule has 0 saturated carbocycles. The van der Waals surface area contributed by atoms with E-state index in [0.717, 1.165) is 70.3 Å².